The maximum Gasteiger partial charge on any atom is 0.238 e. The van der Waals surface area contributed by atoms with Gasteiger partial charge in [-0.1, -0.05) is 6.07 Å². The lowest BCUT2D eigenvalue weighted by molar-refractivity contribution is -0.117. The maximum atomic E-state index is 12.3. The van der Waals surface area contributed by atoms with Crippen LogP contribution >= 0.6 is 11.3 Å². The van der Waals surface area contributed by atoms with Gasteiger partial charge in [0.05, 0.1) is 13.2 Å². The van der Waals surface area contributed by atoms with Gasteiger partial charge in [0.1, 0.15) is 5.75 Å². The highest BCUT2D eigenvalue weighted by atomic mass is 32.1. The number of rotatable bonds is 6. The number of hydrogen-bond acceptors (Lipinski definition) is 4. The summed E-state index contributed by atoms with van der Waals surface area (Å²) in [6.45, 7) is 4.02. The van der Waals surface area contributed by atoms with Crippen LogP contribution in [-0.4, -0.2) is 30.5 Å². The van der Waals surface area contributed by atoms with E-state index in [2.05, 4.69) is 27.7 Å². The zero-order chi connectivity index (χ0) is 16.1. The molecule has 0 radical (unpaired) electrons. The number of carbonyl (C=O) groups excluding carboxylic acids is 1. The molecule has 122 valence electrons. The smallest absolute Gasteiger partial charge is 0.238 e. The molecule has 1 saturated heterocycles. The summed E-state index contributed by atoms with van der Waals surface area (Å²) in [6.07, 6.45) is 2.29. The Bertz CT molecular complexity index is 625. The van der Waals surface area contributed by atoms with E-state index >= 15 is 0 Å². The van der Waals surface area contributed by atoms with Gasteiger partial charge in [0.15, 0.2) is 0 Å². The number of nitrogens with zero attached hydrogens (tertiary/aromatic N) is 1. The fraction of sp³-hybridized carbons (Fsp3) is 0.389. The van der Waals surface area contributed by atoms with Crippen molar-refractivity contribution in [3.8, 4) is 5.75 Å². The van der Waals surface area contributed by atoms with Crippen LogP contribution in [0.15, 0.2) is 41.8 Å². The van der Waals surface area contributed by atoms with Gasteiger partial charge in [0.25, 0.3) is 0 Å². The molecule has 1 aromatic carbocycles. The third-order valence-corrected chi connectivity index (χ3v) is 5.00. The first kappa shape index (κ1) is 16.0. The molecule has 5 heteroatoms. The van der Waals surface area contributed by atoms with E-state index < -0.39 is 0 Å². The van der Waals surface area contributed by atoms with Crippen molar-refractivity contribution in [2.45, 2.75) is 25.8 Å². The van der Waals surface area contributed by atoms with Crippen LogP contribution in [0.25, 0.3) is 0 Å². The van der Waals surface area contributed by atoms with Gasteiger partial charge >= 0.3 is 0 Å². The van der Waals surface area contributed by atoms with Gasteiger partial charge in [0.2, 0.25) is 5.91 Å². The van der Waals surface area contributed by atoms with Crippen LogP contribution < -0.4 is 10.1 Å². The number of benzene rings is 1. The predicted octanol–water partition coefficient (Wildman–Crippen LogP) is 3.92. The van der Waals surface area contributed by atoms with E-state index in [9.17, 15) is 4.79 Å². The highest BCUT2D eigenvalue weighted by molar-refractivity contribution is 7.10. The molecule has 2 aromatic rings. The number of hydrogen-bond donors (Lipinski definition) is 1. The van der Waals surface area contributed by atoms with Crippen LogP contribution in [0.2, 0.25) is 0 Å². The van der Waals surface area contributed by atoms with E-state index in [-0.39, 0.29) is 5.91 Å². The van der Waals surface area contributed by atoms with Crippen molar-refractivity contribution in [2.75, 3.05) is 25.0 Å². The topological polar surface area (TPSA) is 41.6 Å². The summed E-state index contributed by atoms with van der Waals surface area (Å²) in [5.41, 5.74) is 0.810. The van der Waals surface area contributed by atoms with Gasteiger partial charge in [0, 0.05) is 16.6 Å². The SMILES string of the molecule is CCOc1ccc(NC(=O)CN2CCC[C@@H]2c2cccs2)cc1. The van der Waals surface area contributed by atoms with Crippen molar-refractivity contribution in [3.05, 3.63) is 46.7 Å². The molecule has 0 spiro atoms. The summed E-state index contributed by atoms with van der Waals surface area (Å²) >= 11 is 1.77. The van der Waals surface area contributed by atoms with Crippen LogP contribution in [0.1, 0.15) is 30.7 Å². The van der Waals surface area contributed by atoms with Gasteiger partial charge < -0.3 is 10.1 Å². The summed E-state index contributed by atoms with van der Waals surface area (Å²) in [5, 5.41) is 5.07. The van der Waals surface area contributed by atoms with Crippen molar-refractivity contribution in [3.63, 3.8) is 0 Å². The van der Waals surface area contributed by atoms with Crippen molar-refractivity contribution < 1.29 is 9.53 Å². The Morgan fingerprint density at radius 1 is 1.35 bits per heavy atom. The predicted molar refractivity (Wildman–Crippen MR) is 94.1 cm³/mol. The fourth-order valence-electron chi connectivity index (χ4n) is 3.00. The molecule has 0 saturated carbocycles. The molecule has 1 N–H and O–H groups in total. The molecule has 4 nitrogen and oxygen atoms in total. The quantitative estimate of drug-likeness (QED) is 0.873. The minimum Gasteiger partial charge on any atom is -0.494 e. The summed E-state index contributed by atoms with van der Waals surface area (Å²) in [5.74, 6) is 0.861. The average molecular weight is 330 g/mol. The molecule has 1 aromatic heterocycles. The van der Waals surface area contributed by atoms with Crippen LogP contribution in [0, 0.1) is 0 Å². The second-order valence-electron chi connectivity index (χ2n) is 5.65. The van der Waals surface area contributed by atoms with E-state index in [1.165, 1.54) is 4.88 Å². The molecule has 3 rings (SSSR count). The Morgan fingerprint density at radius 2 is 2.17 bits per heavy atom. The Labute approximate surface area is 141 Å². The Hall–Kier alpha value is -1.85. The van der Waals surface area contributed by atoms with Crippen molar-refractivity contribution in [1.29, 1.82) is 0 Å². The average Bonchev–Trinajstić information content (AvgIpc) is 3.20. The van der Waals surface area contributed by atoms with Crippen LogP contribution in [0.4, 0.5) is 5.69 Å². The van der Waals surface area contributed by atoms with E-state index in [4.69, 9.17) is 4.74 Å². The molecule has 1 fully saturated rings. The molecule has 0 unspecified atom stereocenters. The lowest BCUT2D eigenvalue weighted by atomic mass is 10.2. The lowest BCUT2D eigenvalue weighted by Gasteiger charge is -2.22. The number of anilines is 1. The van der Waals surface area contributed by atoms with E-state index in [0.29, 0.717) is 19.2 Å². The Balaban J connectivity index is 1.56. The fourth-order valence-corrected chi connectivity index (χ4v) is 3.90. The molecule has 1 aliphatic rings. The number of carbonyl (C=O) groups is 1. The molecule has 1 atom stereocenters. The zero-order valence-corrected chi connectivity index (χ0v) is 14.1. The van der Waals surface area contributed by atoms with Crippen LogP contribution in [-0.2, 0) is 4.79 Å². The first-order chi connectivity index (χ1) is 11.3. The van der Waals surface area contributed by atoms with Crippen molar-refractivity contribution in [2.24, 2.45) is 0 Å². The zero-order valence-electron chi connectivity index (χ0n) is 13.3. The van der Waals surface area contributed by atoms with E-state index in [1.54, 1.807) is 11.3 Å². The van der Waals surface area contributed by atoms with Gasteiger partial charge in [-0.15, -0.1) is 11.3 Å². The van der Waals surface area contributed by atoms with Crippen molar-refractivity contribution >= 4 is 22.9 Å². The first-order valence-corrected chi connectivity index (χ1v) is 8.94. The third-order valence-electron chi connectivity index (χ3n) is 4.03. The number of thiophene rings is 1. The molecule has 2 heterocycles. The first-order valence-electron chi connectivity index (χ1n) is 8.06. The molecule has 1 aliphatic heterocycles. The summed E-state index contributed by atoms with van der Waals surface area (Å²) in [6, 6.07) is 12.1. The summed E-state index contributed by atoms with van der Waals surface area (Å²) in [7, 11) is 0. The van der Waals surface area contributed by atoms with Gasteiger partial charge in [-0.3, -0.25) is 9.69 Å². The molecule has 0 aliphatic carbocycles. The molecule has 0 bridgehead atoms. The number of likely N-dealkylation sites (tertiary alicyclic amines) is 1. The minimum absolute atomic E-state index is 0.0395. The summed E-state index contributed by atoms with van der Waals surface area (Å²) < 4.78 is 5.41. The van der Waals surface area contributed by atoms with Crippen LogP contribution in [0.3, 0.4) is 0 Å². The van der Waals surface area contributed by atoms with Gasteiger partial charge in [-0.2, -0.15) is 0 Å². The Kier molecular flexibility index (Phi) is 5.31. The van der Waals surface area contributed by atoms with Crippen molar-refractivity contribution in [1.82, 2.24) is 4.90 Å². The molecular formula is C18H22N2O2S. The third kappa shape index (κ3) is 4.12. The minimum atomic E-state index is 0.0395. The Morgan fingerprint density at radius 3 is 2.87 bits per heavy atom. The molecule has 1 amide bonds. The maximum absolute atomic E-state index is 12.3. The second kappa shape index (κ2) is 7.62. The number of nitrogens with one attached hydrogen (secondary N) is 1. The highest BCUT2D eigenvalue weighted by Gasteiger charge is 2.28. The highest BCUT2D eigenvalue weighted by Crippen LogP contribution is 2.34. The van der Waals surface area contributed by atoms with Gasteiger partial charge in [-0.25, -0.2) is 0 Å². The van der Waals surface area contributed by atoms with Gasteiger partial charge in [-0.05, 0) is 62.0 Å². The molecular weight excluding hydrogens is 308 g/mol. The standard InChI is InChI=1S/C18H22N2O2S/c1-2-22-15-9-7-14(8-10-15)19-18(21)13-20-11-3-5-16(20)17-6-4-12-23-17/h4,6-10,12,16H,2-3,5,11,13H2,1H3,(H,19,21)/t16-/m1/s1. The second-order valence-corrected chi connectivity index (χ2v) is 6.63. The van der Waals surface area contributed by atoms with E-state index in [1.807, 2.05) is 31.2 Å². The van der Waals surface area contributed by atoms with E-state index in [0.717, 1.165) is 30.8 Å². The summed E-state index contributed by atoms with van der Waals surface area (Å²) in [4.78, 5) is 15.9. The number of ether oxygens (including phenoxy) is 1. The largest absolute Gasteiger partial charge is 0.494 e. The monoisotopic (exact) mass is 330 g/mol. The normalized spacial score (nSPS) is 18.0. The lowest BCUT2D eigenvalue weighted by Crippen LogP contribution is -2.32. The molecule has 23 heavy (non-hydrogen) atoms. The number of amides is 1. The van der Waals surface area contributed by atoms with Crippen LogP contribution in [0.5, 0.6) is 5.75 Å².